The van der Waals surface area contributed by atoms with Crippen molar-refractivity contribution in [2.45, 2.75) is 31.6 Å². The Morgan fingerprint density at radius 3 is 2.50 bits per heavy atom. The number of hydrogen-bond donors (Lipinski definition) is 2. The van der Waals surface area contributed by atoms with Gasteiger partial charge >= 0.3 is 0 Å². The molecule has 7 nitrogen and oxygen atoms in total. The Labute approximate surface area is 120 Å². The van der Waals surface area contributed by atoms with Crippen LogP contribution in [0.25, 0.3) is 0 Å². The highest BCUT2D eigenvalue weighted by Crippen LogP contribution is 2.07. The first kappa shape index (κ1) is 16.8. The summed E-state index contributed by atoms with van der Waals surface area (Å²) in [5, 5.41) is 2.99. The van der Waals surface area contributed by atoms with E-state index >= 15 is 0 Å². The quantitative estimate of drug-likeness (QED) is 0.626. The van der Waals surface area contributed by atoms with Crippen molar-refractivity contribution >= 4 is 16.0 Å². The summed E-state index contributed by atoms with van der Waals surface area (Å²) < 4.78 is 31.5. The first-order chi connectivity index (χ1) is 9.60. The predicted molar refractivity (Wildman–Crippen MR) is 77.1 cm³/mol. The lowest BCUT2D eigenvalue weighted by molar-refractivity contribution is 0.146. The van der Waals surface area contributed by atoms with E-state index in [9.17, 15) is 8.42 Å². The Kier molecular flexibility index (Phi) is 7.42. The van der Waals surface area contributed by atoms with Crippen LogP contribution in [0, 0.1) is 0 Å². The third kappa shape index (κ3) is 5.81. The van der Waals surface area contributed by atoms with Gasteiger partial charge in [-0.25, -0.2) is 23.1 Å². The van der Waals surface area contributed by atoms with Crippen LogP contribution in [0.1, 0.15) is 26.7 Å². The number of nitrogens with one attached hydrogen (secondary N) is 2. The third-order valence-corrected chi connectivity index (χ3v) is 3.85. The summed E-state index contributed by atoms with van der Waals surface area (Å²) >= 11 is 0. The van der Waals surface area contributed by atoms with Crippen molar-refractivity contribution < 1.29 is 13.2 Å². The van der Waals surface area contributed by atoms with Crippen LogP contribution < -0.4 is 10.0 Å². The van der Waals surface area contributed by atoms with Crippen LogP contribution in [0.5, 0.6) is 0 Å². The molecule has 0 saturated carbocycles. The minimum Gasteiger partial charge on any atom is -0.382 e. The molecule has 0 bridgehead atoms. The van der Waals surface area contributed by atoms with E-state index < -0.39 is 10.0 Å². The Hall–Kier alpha value is -1.25. The van der Waals surface area contributed by atoms with Crippen molar-refractivity contribution in [3.05, 3.63) is 12.4 Å². The molecule has 114 valence electrons. The van der Waals surface area contributed by atoms with Crippen LogP contribution in [0.15, 0.2) is 17.3 Å². The largest absolute Gasteiger partial charge is 0.382 e. The minimum atomic E-state index is -3.54. The van der Waals surface area contributed by atoms with Gasteiger partial charge in [0.15, 0.2) is 0 Å². The Morgan fingerprint density at radius 2 is 1.90 bits per heavy atom. The molecule has 0 aliphatic rings. The summed E-state index contributed by atoms with van der Waals surface area (Å²) in [5.74, 6) is 0.433. The molecule has 0 unspecified atom stereocenters. The zero-order valence-electron chi connectivity index (χ0n) is 11.9. The molecule has 0 aliphatic heterocycles. The van der Waals surface area contributed by atoms with Gasteiger partial charge in [-0.05, 0) is 19.8 Å². The van der Waals surface area contributed by atoms with Gasteiger partial charge in [0.1, 0.15) is 4.90 Å². The molecule has 0 radical (unpaired) electrons. The van der Waals surface area contributed by atoms with Crippen LogP contribution in [0.2, 0.25) is 0 Å². The summed E-state index contributed by atoms with van der Waals surface area (Å²) in [4.78, 5) is 8.01. The maximum absolute atomic E-state index is 11.9. The molecule has 0 amide bonds. The minimum absolute atomic E-state index is 0.0657. The van der Waals surface area contributed by atoms with E-state index in [-0.39, 0.29) is 4.90 Å². The van der Waals surface area contributed by atoms with E-state index in [4.69, 9.17) is 4.74 Å². The Morgan fingerprint density at radius 1 is 1.20 bits per heavy atom. The number of nitrogens with zero attached hydrogens (tertiary/aromatic N) is 2. The van der Waals surface area contributed by atoms with Gasteiger partial charge < -0.3 is 10.1 Å². The van der Waals surface area contributed by atoms with Crippen molar-refractivity contribution in [2.75, 3.05) is 31.6 Å². The van der Waals surface area contributed by atoms with Gasteiger partial charge in [0, 0.05) is 26.3 Å². The molecule has 0 aromatic carbocycles. The lowest BCUT2D eigenvalue weighted by Gasteiger charge is -2.07. The van der Waals surface area contributed by atoms with Gasteiger partial charge in [-0.15, -0.1) is 0 Å². The summed E-state index contributed by atoms with van der Waals surface area (Å²) in [7, 11) is -3.54. The molecule has 1 rings (SSSR count). The highest BCUT2D eigenvalue weighted by Gasteiger charge is 2.14. The van der Waals surface area contributed by atoms with E-state index in [0.29, 0.717) is 32.1 Å². The standard InChI is InChI=1S/C12H22N4O3S/c1-3-6-13-12-14-9-11(10-15-12)20(17,18)16-7-5-8-19-4-2/h9-10,16H,3-8H2,1-2H3,(H,13,14,15). The van der Waals surface area contributed by atoms with E-state index in [1.54, 1.807) is 0 Å². The fourth-order valence-electron chi connectivity index (χ4n) is 1.39. The van der Waals surface area contributed by atoms with E-state index in [1.165, 1.54) is 12.4 Å². The first-order valence-corrected chi connectivity index (χ1v) is 8.21. The summed E-state index contributed by atoms with van der Waals surface area (Å²) in [6.07, 6.45) is 4.18. The fraction of sp³-hybridized carbons (Fsp3) is 0.667. The number of sulfonamides is 1. The maximum atomic E-state index is 11.9. The molecule has 0 fully saturated rings. The molecule has 20 heavy (non-hydrogen) atoms. The van der Waals surface area contributed by atoms with Crippen molar-refractivity contribution in [1.82, 2.24) is 14.7 Å². The Bertz CT molecular complexity index is 476. The smallest absolute Gasteiger partial charge is 0.243 e. The van der Waals surface area contributed by atoms with Crippen LogP contribution >= 0.6 is 0 Å². The highest BCUT2D eigenvalue weighted by atomic mass is 32.2. The second-order valence-corrected chi connectivity index (χ2v) is 5.88. The molecule has 0 aliphatic carbocycles. The number of anilines is 1. The number of rotatable bonds is 10. The van der Waals surface area contributed by atoms with Gasteiger partial charge in [-0.2, -0.15) is 0 Å². The average molecular weight is 302 g/mol. The van der Waals surface area contributed by atoms with E-state index in [2.05, 4.69) is 20.0 Å². The van der Waals surface area contributed by atoms with Gasteiger partial charge in [0.25, 0.3) is 0 Å². The van der Waals surface area contributed by atoms with E-state index in [1.807, 2.05) is 13.8 Å². The second-order valence-electron chi connectivity index (χ2n) is 4.12. The van der Waals surface area contributed by atoms with Crippen LogP contribution in [0.4, 0.5) is 5.95 Å². The van der Waals surface area contributed by atoms with Gasteiger partial charge in [-0.3, -0.25) is 0 Å². The second kappa shape index (κ2) is 8.83. The molecule has 0 spiro atoms. The zero-order valence-corrected chi connectivity index (χ0v) is 12.7. The summed E-state index contributed by atoms with van der Waals surface area (Å²) in [6.45, 7) is 6.18. The highest BCUT2D eigenvalue weighted by molar-refractivity contribution is 7.89. The lowest BCUT2D eigenvalue weighted by atomic mass is 10.5. The number of aromatic nitrogens is 2. The van der Waals surface area contributed by atoms with Crippen LogP contribution in [0.3, 0.4) is 0 Å². The van der Waals surface area contributed by atoms with Crippen molar-refractivity contribution in [1.29, 1.82) is 0 Å². The SMILES string of the molecule is CCCNc1ncc(S(=O)(=O)NCCCOCC)cn1. The van der Waals surface area contributed by atoms with Gasteiger partial charge in [0.05, 0.1) is 12.4 Å². The molecule has 1 heterocycles. The molecule has 0 saturated heterocycles. The van der Waals surface area contributed by atoms with Crippen LogP contribution in [-0.2, 0) is 14.8 Å². The molecule has 2 N–H and O–H groups in total. The molecule has 1 aromatic rings. The Balaban J connectivity index is 2.50. The first-order valence-electron chi connectivity index (χ1n) is 6.73. The topological polar surface area (TPSA) is 93.2 Å². The molecule has 8 heteroatoms. The average Bonchev–Trinajstić information content (AvgIpc) is 2.45. The van der Waals surface area contributed by atoms with E-state index in [0.717, 1.165) is 13.0 Å². The molecule has 1 aromatic heterocycles. The predicted octanol–water partition coefficient (Wildman–Crippen LogP) is 1.00. The molecular weight excluding hydrogens is 280 g/mol. The summed E-state index contributed by atoms with van der Waals surface area (Å²) in [6, 6.07) is 0. The lowest BCUT2D eigenvalue weighted by Crippen LogP contribution is -2.26. The van der Waals surface area contributed by atoms with Crippen LogP contribution in [-0.4, -0.2) is 44.7 Å². The van der Waals surface area contributed by atoms with Gasteiger partial charge in [0.2, 0.25) is 16.0 Å². The monoisotopic (exact) mass is 302 g/mol. The maximum Gasteiger partial charge on any atom is 0.243 e. The number of ether oxygens (including phenoxy) is 1. The molecular formula is C12H22N4O3S. The molecule has 0 atom stereocenters. The zero-order chi connectivity index (χ0) is 14.8. The van der Waals surface area contributed by atoms with Crippen molar-refractivity contribution in [3.8, 4) is 0 Å². The number of hydrogen-bond acceptors (Lipinski definition) is 6. The third-order valence-electron chi connectivity index (χ3n) is 2.43. The summed E-state index contributed by atoms with van der Waals surface area (Å²) in [5.41, 5.74) is 0. The normalized spacial score (nSPS) is 11.5. The van der Waals surface area contributed by atoms with Gasteiger partial charge in [-0.1, -0.05) is 6.92 Å². The van der Waals surface area contributed by atoms with Crippen molar-refractivity contribution in [2.24, 2.45) is 0 Å². The van der Waals surface area contributed by atoms with Crippen molar-refractivity contribution in [3.63, 3.8) is 0 Å². The fourth-order valence-corrected chi connectivity index (χ4v) is 2.35.